The number of furan rings is 1. The summed E-state index contributed by atoms with van der Waals surface area (Å²) < 4.78 is 6.09. The van der Waals surface area contributed by atoms with Crippen LogP contribution in [0.1, 0.15) is 41.2 Å². The summed E-state index contributed by atoms with van der Waals surface area (Å²) in [5.41, 5.74) is 15.4. The Morgan fingerprint density at radius 3 is 2.00 bits per heavy atom. The van der Waals surface area contributed by atoms with Gasteiger partial charge in [0.2, 0.25) is 0 Å². The van der Waals surface area contributed by atoms with Gasteiger partial charge in [-0.25, -0.2) is 0 Å². The lowest BCUT2D eigenvalue weighted by Gasteiger charge is -2.16. The minimum atomic E-state index is 0.575. The van der Waals surface area contributed by atoms with Gasteiger partial charge in [0, 0.05) is 17.8 Å². The second kappa shape index (κ2) is 18.7. The van der Waals surface area contributed by atoms with Crippen molar-refractivity contribution < 1.29 is 4.42 Å². The highest BCUT2D eigenvalue weighted by Crippen LogP contribution is 2.32. The molecule has 0 aliphatic heterocycles. The fourth-order valence-corrected chi connectivity index (χ4v) is 5.64. The fraction of sp³-hybridized carbons (Fsp3) is 0.156. The smallest absolute Gasteiger partial charge is 0.135 e. The van der Waals surface area contributed by atoms with E-state index in [2.05, 4.69) is 110 Å². The number of nitrogens with two attached hydrogens (primary N) is 1. The van der Waals surface area contributed by atoms with Crippen molar-refractivity contribution in [3.63, 3.8) is 0 Å². The van der Waals surface area contributed by atoms with Crippen LogP contribution in [0.5, 0.6) is 0 Å². The number of aliphatic imine (C=N–C) groups is 1. The normalized spacial score (nSPS) is 13.5. The average molecular weight is 646 g/mol. The third-order valence-corrected chi connectivity index (χ3v) is 8.06. The first-order chi connectivity index (χ1) is 24.0. The summed E-state index contributed by atoms with van der Waals surface area (Å²) in [7, 11) is 3.14. The number of nitrogens with zero attached hydrogens (tertiary/aromatic N) is 1. The van der Waals surface area contributed by atoms with Gasteiger partial charge < -0.3 is 15.1 Å². The van der Waals surface area contributed by atoms with E-state index in [-0.39, 0.29) is 0 Å². The van der Waals surface area contributed by atoms with Crippen molar-refractivity contribution in [1.82, 2.24) is 0 Å². The van der Waals surface area contributed by atoms with Crippen LogP contribution in [0, 0.1) is 18.3 Å². The van der Waals surface area contributed by atoms with Crippen molar-refractivity contribution in [2.45, 2.75) is 26.7 Å². The molecule has 1 aliphatic carbocycles. The Morgan fingerprint density at radius 2 is 1.39 bits per heavy atom. The Bertz CT molecular complexity index is 2010. The van der Waals surface area contributed by atoms with Crippen LogP contribution >= 0.6 is 0 Å². The first-order valence-electron chi connectivity index (χ1n) is 16.6. The van der Waals surface area contributed by atoms with Gasteiger partial charge in [0.25, 0.3) is 0 Å². The molecule has 0 saturated carbocycles. The van der Waals surface area contributed by atoms with Crippen LogP contribution in [-0.4, -0.2) is 26.5 Å². The number of allylic oxidation sites excluding steroid dienone is 6. The van der Waals surface area contributed by atoms with Crippen LogP contribution in [0.3, 0.4) is 0 Å². The molecule has 0 radical (unpaired) electrons. The largest absolute Gasteiger partial charge is 0.456 e. The lowest BCUT2D eigenvalue weighted by molar-refractivity contribution is 0.668. The van der Waals surface area contributed by atoms with Gasteiger partial charge in [-0.3, -0.25) is 5.41 Å². The van der Waals surface area contributed by atoms with Gasteiger partial charge in [-0.2, -0.15) is 0 Å². The average Bonchev–Trinajstić information content (AvgIpc) is 3.52. The SMILES string of the molecule is C=NC.CN.Cc1cccc(/C(=C/Cc2ccc3c(c2)oc2ccccc23)C2=CCC(C)C=C2)c1.N=C(c1ccccc1)c1ccccc1. The van der Waals surface area contributed by atoms with E-state index >= 15 is 0 Å². The van der Waals surface area contributed by atoms with Crippen molar-refractivity contribution in [3.05, 3.63) is 185 Å². The number of benzene rings is 5. The molecule has 4 heteroatoms. The van der Waals surface area contributed by atoms with Crippen LogP contribution in [0.2, 0.25) is 0 Å². The third kappa shape index (κ3) is 9.96. The molecule has 1 aliphatic rings. The molecule has 1 atom stereocenters. The zero-order valence-corrected chi connectivity index (χ0v) is 29.1. The summed E-state index contributed by atoms with van der Waals surface area (Å²) >= 11 is 0. The first-order valence-corrected chi connectivity index (χ1v) is 16.6. The number of nitrogens with one attached hydrogen (secondary N) is 1. The molecular formula is C45H47N3O. The maximum Gasteiger partial charge on any atom is 0.135 e. The minimum absolute atomic E-state index is 0.575. The Balaban J connectivity index is 0.000000237. The van der Waals surface area contributed by atoms with E-state index in [1.807, 2.05) is 72.8 Å². The third-order valence-electron chi connectivity index (χ3n) is 8.06. The molecule has 7 rings (SSSR count). The highest BCUT2D eigenvalue weighted by Gasteiger charge is 2.12. The van der Waals surface area contributed by atoms with E-state index in [0.29, 0.717) is 11.6 Å². The second-order valence-corrected chi connectivity index (χ2v) is 11.8. The first kappa shape index (κ1) is 36.3. The number of aryl methyl sites for hydroxylation is 1. The number of hydrogen-bond donors (Lipinski definition) is 2. The summed E-state index contributed by atoms with van der Waals surface area (Å²) in [6.07, 6.45) is 11.3. The van der Waals surface area contributed by atoms with E-state index in [1.54, 1.807) is 7.05 Å². The Hall–Kier alpha value is -5.58. The van der Waals surface area contributed by atoms with Gasteiger partial charge in [0.15, 0.2) is 0 Å². The number of hydrogen-bond acceptors (Lipinski definition) is 4. The number of fused-ring (bicyclic) bond motifs is 3. The molecule has 0 bridgehead atoms. The van der Waals surface area contributed by atoms with Gasteiger partial charge >= 0.3 is 0 Å². The molecule has 0 fully saturated rings. The van der Waals surface area contributed by atoms with Crippen LogP contribution in [0.25, 0.3) is 27.5 Å². The second-order valence-electron chi connectivity index (χ2n) is 11.8. The molecule has 3 N–H and O–H groups in total. The Labute approximate surface area is 291 Å². The molecule has 0 saturated heterocycles. The monoisotopic (exact) mass is 645 g/mol. The molecule has 248 valence electrons. The van der Waals surface area contributed by atoms with E-state index in [0.717, 1.165) is 35.1 Å². The summed E-state index contributed by atoms with van der Waals surface area (Å²) in [5.74, 6) is 0.614. The van der Waals surface area contributed by atoms with E-state index in [1.165, 1.54) is 45.7 Å². The van der Waals surface area contributed by atoms with Gasteiger partial charge in [-0.05, 0) is 85.0 Å². The maximum atomic E-state index is 7.97. The summed E-state index contributed by atoms with van der Waals surface area (Å²) in [5, 5.41) is 10.3. The minimum Gasteiger partial charge on any atom is -0.456 e. The summed E-state index contributed by atoms with van der Waals surface area (Å²) in [6, 6.07) is 43.2. The zero-order chi connectivity index (χ0) is 35.0. The molecule has 1 unspecified atom stereocenters. The van der Waals surface area contributed by atoms with Crippen molar-refractivity contribution in [2.75, 3.05) is 14.1 Å². The van der Waals surface area contributed by atoms with Crippen LogP contribution in [-0.2, 0) is 6.42 Å². The van der Waals surface area contributed by atoms with Crippen molar-refractivity contribution in [1.29, 1.82) is 5.41 Å². The fourth-order valence-electron chi connectivity index (χ4n) is 5.64. The van der Waals surface area contributed by atoms with Gasteiger partial charge in [-0.15, -0.1) is 0 Å². The summed E-state index contributed by atoms with van der Waals surface area (Å²) in [4.78, 5) is 3.25. The Morgan fingerprint density at radius 1 is 0.796 bits per heavy atom. The van der Waals surface area contributed by atoms with Crippen molar-refractivity contribution in [2.24, 2.45) is 16.6 Å². The van der Waals surface area contributed by atoms with Gasteiger partial charge in [0.05, 0.1) is 5.71 Å². The zero-order valence-electron chi connectivity index (χ0n) is 29.1. The molecule has 5 aromatic carbocycles. The van der Waals surface area contributed by atoms with Crippen molar-refractivity contribution in [3.8, 4) is 0 Å². The van der Waals surface area contributed by atoms with Crippen LogP contribution < -0.4 is 5.73 Å². The van der Waals surface area contributed by atoms with Gasteiger partial charge in [-0.1, -0.05) is 152 Å². The van der Waals surface area contributed by atoms with Crippen molar-refractivity contribution >= 4 is 39.9 Å². The molecular weight excluding hydrogens is 599 g/mol. The molecule has 1 aromatic heterocycles. The molecule has 1 heterocycles. The highest BCUT2D eigenvalue weighted by atomic mass is 16.3. The quantitative estimate of drug-likeness (QED) is 0.177. The van der Waals surface area contributed by atoms with E-state index in [9.17, 15) is 0 Å². The van der Waals surface area contributed by atoms with Crippen LogP contribution in [0.4, 0.5) is 0 Å². The van der Waals surface area contributed by atoms with Gasteiger partial charge in [0.1, 0.15) is 11.2 Å². The predicted octanol–water partition coefficient (Wildman–Crippen LogP) is 11.0. The topological polar surface area (TPSA) is 75.4 Å². The number of para-hydroxylation sites is 1. The molecule has 6 aromatic rings. The van der Waals surface area contributed by atoms with Crippen LogP contribution in [0.15, 0.2) is 167 Å². The molecule has 0 amide bonds. The Kier molecular flexibility index (Phi) is 13.8. The number of rotatable bonds is 6. The van der Waals surface area contributed by atoms with E-state index < -0.39 is 0 Å². The molecule has 4 nitrogen and oxygen atoms in total. The predicted molar refractivity (Wildman–Crippen MR) is 212 cm³/mol. The highest BCUT2D eigenvalue weighted by molar-refractivity contribution is 6.10. The lowest BCUT2D eigenvalue weighted by atomic mass is 9.89. The molecule has 0 spiro atoms. The standard InChI is InChI=1S/C29H26O.C13H11N.C2H5N.CH5N/c1-20-10-14-23(15-11-20)25(24-7-5-6-21(2)18-24)16-12-22-13-17-27-26-8-3-4-9-28(26)30-29(27)19-22;14-13(11-7-3-1-4-8-11)12-9-5-2-6-10-12;1-3-2;1-2/h3-10,13-20H,11-12H2,1-2H3;1-10,14H;1H2,2H3;2H2,1H3/b25-16+;;;. The summed E-state index contributed by atoms with van der Waals surface area (Å²) in [6.45, 7) is 7.53. The maximum absolute atomic E-state index is 7.97. The lowest BCUT2D eigenvalue weighted by Crippen LogP contribution is -1.99. The van der Waals surface area contributed by atoms with E-state index in [4.69, 9.17) is 9.83 Å². The molecule has 49 heavy (non-hydrogen) atoms.